The van der Waals surface area contributed by atoms with Gasteiger partial charge in [0.1, 0.15) is 12.6 Å². The lowest BCUT2D eigenvalue weighted by atomic mass is 9.98. The molecule has 0 fully saturated rings. The average molecular weight is 387 g/mol. The van der Waals surface area contributed by atoms with Gasteiger partial charge in [0.2, 0.25) is 0 Å². The largest absolute Gasteiger partial charge is 0.480 e. The third-order valence-corrected chi connectivity index (χ3v) is 5.45. The van der Waals surface area contributed by atoms with E-state index in [1.807, 2.05) is 48.5 Å². The molecule has 3 rings (SSSR count). The molecule has 27 heavy (non-hydrogen) atoms. The van der Waals surface area contributed by atoms with E-state index < -0.39 is 23.5 Å². The fourth-order valence-corrected chi connectivity index (χ4v) is 3.89. The summed E-state index contributed by atoms with van der Waals surface area (Å²) in [7, 11) is 0. The summed E-state index contributed by atoms with van der Waals surface area (Å²) in [5, 5.41) is 20.8. The molecule has 0 radical (unpaired) electrons. The zero-order valence-electron chi connectivity index (χ0n) is 14.8. The number of aliphatic hydroxyl groups excluding tert-OH is 1. The van der Waals surface area contributed by atoms with Crippen molar-refractivity contribution in [2.75, 3.05) is 12.4 Å². The van der Waals surface area contributed by atoms with Gasteiger partial charge in [-0.1, -0.05) is 48.5 Å². The Morgan fingerprint density at radius 1 is 1.11 bits per heavy atom. The molecule has 0 saturated heterocycles. The van der Waals surface area contributed by atoms with E-state index in [9.17, 15) is 19.8 Å². The maximum Gasteiger partial charge on any atom is 0.407 e. The van der Waals surface area contributed by atoms with Gasteiger partial charge in [-0.2, -0.15) is 0 Å². The van der Waals surface area contributed by atoms with Crippen LogP contribution in [0.25, 0.3) is 11.1 Å². The van der Waals surface area contributed by atoms with E-state index in [2.05, 4.69) is 5.32 Å². The molecule has 0 aliphatic heterocycles. The summed E-state index contributed by atoms with van der Waals surface area (Å²) in [6.07, 6.45) is -0.782. The number of carboxylic acids is 1. The van der Waals surface area contributed by atoms with Gasteiger partial charge in [0.15, 0.2) is 0 Å². The lowest BCUT2D eigenvalue weighted by Crippen LogP contribution is -2.43. The molecular weight excluding hydrogens is 366 g/mol. The van der Waals surface area contributed by atoms with Gasteiger partial charge in [0.25, 0.3) is 0 Å². The SMILES string of the molecule is C[C@@H](O)SC[C@@H](NC(=O)OCC1c2ccccc2-c2ccccc21)C(=O)O. The van der Waals surface area contributed by atoms with Gasteiger partial charge in [-0.15, -0.1) is 11.8 Å². The van der Waals surface area contributed by atoms with E-state index >= 15 is 0 Å². The van der Waals surface area contributed by atoms with E-state index in [4.69, 9.17) is 4.74 Å². The van der Waals surface area contributed by atoms with Crippen LogP contribution in [-0.2, 0) is 9.53 Å². The smallest absolute Gasteiger partial charge is 0.407 e. The molecule has 6 nitrogen and oxygen atoms in total. The highest BCUT2D eigenvalue weighted by Crippen LogP contribution is 2.44. The van der Waals surface area contributed by atoms with Crippen LogP contribution in [0.4, 0.5) is 4.79 Å². The van der Waals surface area contributed by atoms with Gasteiger partial charge < -0.3 is 20.3 Å². The van der Waals surface area contributed by atoms with Crippen molar-refractivity contribution >= 4 is 23.8 Å². The van der Waals surface area contributed by atoms with Crippen molar-refractivity contribution < 1.29 is 24.5 Å². The van der Waals surface area contributed by atoms with Crippen molar-refractivity contribution in [3.63, 3.8) is 0 Å². The number of carboxylic acid groups (broad SMARTS) is 1. The first-order chi connectivity index (χ1) is 13.0. The molecule has 2 aromatic rings. The van der Waals surface area contributed by atoms with E-state index in [0.717, 1.165) is 34.0 Å². The van der Waals surface area contributed by atoms with Crippen LogP contribution in [0.1, 0.15) is 24.0 Å². The van der Waals surface area contributed by atoms with Crippen molar-refractivity contribution in [2.24, 2.45) is 0 Å². The summed E-state index contributed by atoms with van der Waals surface area (Å²) >= 11 is 1.04. The molecule has 1 aliphatic carbocycles. The van der Waals surface area contributed by atoms with Gasteiger partial charge in [0.05, 0.1) is 5.44 Å². The monoisotopic (exact) mass is 387 g/mol. The molecule has 0 spiro atoms. The number of amides is 1. The third-order valence-electron chi connectivity index (χ3n) is 4.44. The normalized spacial score (nSPS) is 14.7. The number of aliphatic hydroxyl groups is 1. The topological polar surface area (TPSA) is 95.9 Å². The Hall–Kier alpha value is -2.51. The van der Waals surface area contributed by atoms with Crippen molar-refractivity contribution in [3.05, 3.63) is 59.7 Å². The molecule has 0 aromatic heterocycles. The van der Waals surface area contributed by atoms with Crippen molar-refractivity contribution in [2.45, 2.75) is 24.3 Å². The molecule has 0 heterocycles. The fraction of sp³-hybridized carbons (Fsp3) is 0.300. The Morgan fingerprint density at radius 2 is 1.67 bits per heavy atom. The van der Waals surface area contributed by atoms with Crippen molar-refractivity contribution in [1.82, 2.24) is 5.32 Å². The van der Waals surface area contributed by atoms with Crippen LogP contribution in [0.2, 0.25) is 0 Å². The van der Waals surface area contributed by atoms with Crippen LogP contribution in [0.3, 0.4) is 0 Å². The number of rotatable bonds is 7. The minimum atomic E-state index is -1.17. The highest BCUT2D eigenvalue weighted by Gasteiger charge is 2.29. The molecule has 0 unspecified atom stereocenters. The molecule has 142 valence electrons. The van der Waals surface area contributed by atoms with Crippen LogP contribution in [-0.4, -0.2) is 46.1 Å². The number of nitrogens with one attached hydrogen (secondary N) is 1. The predicted molar refractivity (Wildman–Crippen MR) is 104 cm³/mol. The number of benzene rings is 2. The first kappa shape index (κ1) is 19.3. The maximum absolute atomic E-state index is 12.1. The van der Waals surface area contributed by atoms with Crippen LogP contribution in [0.5, 0.6) is 0 Å². The fourth-order valence-electron chi connectivity index (χ4n) is 3.19. The van der Waals surface area contributed by atoms with E-state index in [-0.39, 0.29) is 18.3 Å². The van der Waals surface area contributed by atoms with Gasteiger partial charge in [0, 0.05) is 11.7 Å². The Bertz CT molecular complexity index is 793. The predicted octanol–water partition coefficient (Wildman–Crippen LogP) is 3.05. The highest BCUT2D eigenvalue weighted by atomic mass is 32.2. The number of thioether (sulfide) groups is 1. The Morgan fingerprint density at radius 3 is 2.19 bits per heavy atom. The van der Waals surface area contributed by atoms with Crippen molar-refractivity contribution in [3.8, 4) is 11.1 Å². The molecule has 0 bridgehead atoms. The molecule has 3 N–H and O–H groups in total. The summed E-state index contributed by atoms with van der Waals surface area (Å²) in [5.74, 6) is -1.20. The number of hydrogen-bond acceptors (Lipinski definition) is 5. The van der Waals surface area contributed by atoms with Gasteiger partial charge in [-0.25, -0.2) is 9.59 Å². The number of hydrogen-bond donors (Lipinski definition) is 3. The Labute approximate surface area is 161 Å². The molecule has 7 heteroatoms. The van der Waals surface area contributed by atoms with Crippen LogP contribution in [0, 0.1) is 0 Å². The number of ether oxygens (including phenoxy) is 1. The van der Waals surface area contributed by atoms with Gasteiger partial charge in [-0.3, -0.25) is 0 Å². The van der Waals surface area contributed by atoms with Crippen LogP contribution in [0.15, 0.2) is 48.5 Å². The highest BCUT2D eigenvalue weighted by molar-refractivity contribution is 7.99. The molecule has 0 saturated carbocycles. The third kappa shape index (κ3) is 4.43. The lowest BCUT2D eigenvalue weighted by molar-refractivity contribution is -0.138. The summed E-state index contributed by atoms with van der Waals surface area (Å²) < 4.78 is 5.34. The Kier molecular flexibility index (Phi) is 6.03. The second-order valence-electron chi connectivity index (χ2n) is 6.29. The minimum absolute atomic E-state index is 0.0528. The Balaban J connectivity index is 1.66. The number of fused-ring (bicyclic) bond motifs is 3. The summed E-state index contributed by atoms with van der Waals surface area (Å²) in [6.45, 7) is 1.66. The zero-order chi connectivity index (χ0) is 19.4. The zero-order valence-corrected chi connectivity index (χ0v) is 15.6. The maximum atomic E-state index is 12.1. The second kappa shape index (κ2) is 8.45. The minimum Gasteiger partial charge on any atom is -0.480 e. The lowest BCUT2D eigenvalue weighted by Gasteiger charge is -2.17. The number of carbonyl (C=O) groups is 2. The van der Waals surface area contributed by atoms with E-state index in [0.29, 0.717) is 0 Å². The quantitative estimate of drug-likeness (QED) is 0.632. The first-order valence-electron chi connectivity index (χ1n) is 8.61. The number of carbonyl (C=O) groups excluding carboxylic acids is 1. The van der Waals surface area contributed by atoms with Crippen LogP contribution < -0.4 is 5.32 Å². The molecule has 2 aromatic carbocycles. The standard InChI is InChI=1S/C20H21NO5S/c1-12(22)27-11-18(19(23)24)21-20(25)26-10-17-15-8-4-2-6-13(15)14-7-3-5-9-16(14)17/h2-9,12,17-18,22H,10-11H2,1H3,(H,21,25)(H,23,24)/t12-,18+/m0/s1. The van der Waals surface area contributed by atoms with Gasteiger partial charge in [-0.05, 0) is 29.2 Å². The summed E-state index contributed by atoms with van der Waals surface area (Å²) in [6, 6.07) is 14.8. The van der Waals surface area contributed by atoms with Gasteiger partial charge >= 0.3 is 12.1 Å². The second-order valence-corrected chi connectivity index (χ2v) is 7.64. The summed E-state index contributed by atoms with van der Waals surface area (Å²) in [4.78, 5) is 23.4. The molecule has 2 atom stereocenters. The molecule has 1 amide bonds. The number of aliphatic carboxylic acids is 1. The van der Waals surface area contributed by atoms with Crippen LogP contribution >= 0.6 is 11.8 Å². The van der Waals surface area contributed by atoms with Crippen molar-refractivity contribution in [1.29, 1.82) is 0 Å². The molecule has 1 aliphatic rings. The first-order valence-corrected chi connectivity index (χ1v) is 9.66. The average Bonchev–Trinajstić information content (AvgIpc) is 2.97. The number of alkyl carbamates (subject to hydrolysis) is 1. The van der Waals surface area contributed by atoms with E-state index in [1.165, 1.54) is 6.92 Å². The molecular formula is C20H21NO5S. The summed E-state index contributed by atoms with van der Waals surface area (Å²) in [5.41, 5.74) is 3.71. The van der Waals surface area contributed by atoms with E-state index in [1.54, 1.807) is 0 Å².